The van der Waals surface area contributed by atoms with Crippen LogP contribution in [0.4, 0.5) is 0 Å². The van der Waals surface area contributed by atoms with Crippen molar-refractivity contribution in [3.8, 4) is 0 Å². The van der Waals surface area contributed by atoms with Crippen molar-refractivity contribution < 1.29 is 19.1 Å². The van der Waals surface area contributed by atoms with Crippen molar-refractivity contribution >= 4 is 11.8 Å². The Balaban J connectivity index is 2.79. The molecule has 1 fully saturated rings. The topological polar surface area (TPSA) is 106 Å². The highest BCUT2D eigenvalue weighted by atomic mass is 16.5. The highest BCUT2D eigenvalue weighted by Crippen LogP contribution is 2.12. The number of amides is 2. The zero-order chi connectivity index (χ0) is 15.0. The summed E-state index contributed by atoms with van der Waals surface area (Å²) in [4.78, 5) is 25.8. The summed E-state index contributed by atoms with van der Waals surface area (Å²) in [7, 11) is 1.50. The molecule has 1 aliphatic heterocycles. The van der Waals surface area contributed by atoms with Crippen LogP contribution in [0.3, 0.4) is 0 Å². The van der Waals surface area contributed by atoms with Crippen LogP contribution in [0.2, 0.25) is 0 Å². The van der Waals surface area contributed by atoms with Gasteiger partial charge >= 0.3 is 0 Å². The van der Waals surface area contributed by atoms with E-state index in [0.29, 0.717) is 19.7 Å². The zero-order valence-electron chi connectivity index (χ0n) is 12.1. The molecule has 2 atom stereocenters. The van der Waals surface area contributed by atoms with Gasteiger partial charge in [-0.2, -0.15) is 0 Å². The van der Waals surface area contributed by atoms with Gasteiger partial charge in [0.05, 0.1) is 19.8 Å². The summed E-state index contributed by atoms with van der Waals surface area (Å²) in [5.74, 6) is 4.68. The van der Waals surface area contributed by atoms with E-state index in [2.05, 4.69) is 10.7 Å². The van der Waals surface area contributed by atoms with E-state index in [1.54, 1.807) is 4.90 Å². The molecule has 0 aromatic rings. The SMILES string of the molecule is CCCNC(=O)C1COCCN1C(COC)C(=O)NN. The minimum absolute atomic E-state index is 0.141. The van der Waals surface area contributed by atoms with Gasteiger partial charge in [-0.25, -0.2) is 5.84 Å². The molecule has 0 aromatic carbocycles. The van der Waals surface area contributed by atoms with Crippen molar-refractivity contribution in [2.45, 2.75) is 25.4 Å². The molecule has 1 aliphatic rings. The second-order valence-corrected chi connectivity index (χ2v) is 4.60. The first kappa shape index (κ1) is 16.8. The number of nitrogens with two attached hydrogens (primary N) is 1. The Morgan fingerprint density at radius 2 is 2.30 bits per heavy atom. The van der Waals surface area contributed by atoms with Gasteiger partial charge < -0.3 is 14.8 Å². The fraction of sp³-hybridized carbons (Fsp3) is 0.833. The van der Waals surface area contributed by atoms with Crippen LogP contribution < -0.4 is 16.6 Å². The lowest BCUT2D eigenvalue weighted by molar-refractivity contribution is -0.142. The van der Waals surface area contributed by atoms with Crippen LogP contribution in [0.15, 0.2) is 0 Å². The molecule has 2 unspecified atom stereocenters. The summed E-state index contributed by atoms with van der Waals surface area (Å²) in [6.07, 6.45) is 0.851. The van der Waals surface area contributed by atoms with Gasteiger partial charge in [0, 0.05) is 20.2 Å². The predicted octanol–water partition coefficient (Wildman–Crippen LogP) is -1.78. The number of methoxy groups -OCH3 is 1. The van der Waals surface area contributed by atoms with E-state index in [-0.39, 0.29) is 25.0 Å². The summed E-state index contributed by atoms with van der Waals surface area (Å²) in [5.41, 5.74) is 2.12. The molecule has 0 saturated carbocycles. The lowest BCUT2D eigenvalue weighted by Gasteiger charge is -2.38. The average Bonchev–Trinajstić information content (AvgIpc) is 2.49. The van der Waals surface area contributed by atoms with E-state index < -0.39 is 12.1 Å². The normalized spacial score (nSPS) is 21.2. The number of hydrogen-bond acceptors (Lipinski definition) is 6. The third-order valence-corrected chi connectivity index (χ3v) is 3.19. The third-order valence-electron chi connectivity index (χ3n) is 3.19. The van der Waals surface area contributed by atoms with E-state index in [1.807, 2.05) is 6.92 Å². The lowest BCUT2D eigenvalue weighted by atomic mass is 10.1. The Labute approximate surface area is 118 Å². The van der Waals surface area contributed by atoms with Crippen LogP contribution >= 0.6 is 0 Å². The molecule has 116 valence electrons. The maximum absolute atomic E-state index is 12.2. The summed E-state index contributed by atoms with van der Waals surface area (Å²) < 4.78 is 10.4. The van der Waals surface area contributed by atoms with E-state index >= 15 is 0 Å². The molecule has 2 amide bonds. The molecular weight excluding hydrogens is 264 g/mol. The highest BCUT2D eigenvalue weighted by molar-refractivity contribution is 5.85. The largest absolute Gasteiger partial charge is 0.383 e. The summed E-state index contributed by atoms with van der Waals surface area (Å²) in [6.45, 7) is 3.95. The number of nitrogens with zero attached hydrogens (tertiary/aromatic N) is 1. The summed E-state index contributed by atoms with van der Waals surface area (Å²) >= 11 is 0. The van der Waals surface area contributed by atoms with Crippen molar-refractivity contribution in [2.24, 2.45) is 5.84 Å². The van der Waals surface area contributed by atoms with Gasteiger partial charge in [-0.15, -0.1) is 0 Å². The zero-order valence-corrected chi connectivity index (χ0v) is 12.1. The molecule has 0 bridgehead atoms. The number of hydrazine groups is 1. The number of nitrogens with one attached hydrogen (secondary N) is 2. The number of carbonyl (C=O) groups is 2. The molecule has 1 heterocycles. The number of hydrogen-bond donors (Lipinski definition) is 3. The molecule has 0 aromatic heterocycles. The van der Waals surface area contributed by atoms with Crippen molar-refractivity contribution in [3.05, 3.63) is 0 Å². The Kier molecular flexibility index (Phi) is 7.45. The van der Waals surface area contributed by atoms with Gasteiger partial charge in [0.15, 0.2) is 0 Å². The number of rotatable bonds is 7. The fourth-order valence-corrected chi connectivity index (χ4v) is 2.16. The number of morpholine rings is 1. The lowest BCUT2D eigenvalue weighted by Crippen LogP contribution is -2.62. The monoisotopic (exact) mass is 288 g/mol. The summed E-state index contributed by atoms with van der Waals surface area (Å²) in [6, 6.07) is -1.11. The Morgan fingerprint density at radius 1 is 1.55 bits per heavy atom. The van der Waals surface area contributed by atoms with Crippen molar-refractivity contribution in [2.75, 3.05) is 40.0 Å². The Bertz CT molecular complexity index is 327. The quantitative estimate of drug-likeness (QED) is 0.290. The molecule has 1 rings (SSSR count). The summed E-state index contributed by atoms with van der Waals surface area (Å²) in [5, 5.41) is 2.82. The van der Waals surface area contributed by atoms with Crippen LogP contribution in [-0.4, -0.2) is 68.8 Å². The predicted molar refractivity (Wildman–Crippen MR) is 72.6 cm³/mol. The van der Waals surface area contributed by atoms with E-state index in [1.165, 1.54) is 7.11 Å². The first-order chi connectivity index (χ1) is 9.65. The highest BCUT2D eigenvalue weighted by Gasteiger charge is 2.37. The van der Waals surface area contributed by atoms with Gasteiger partial charge in [-0.1, -0.05) is 6.92 Å². The van der Waals surface area contributed by atoms with Crippen molar-refractivity contribution in [1.82, 2.24) is 15.6 Å². The first-order valence-corrected chi connectivity index (χ1v) is 6.76. The molecule has 0 spiro atoms. The maximum Gasteiger partial charge on any atom is 0.253 e. The molecule has 8 nitrogen and oxygen atoms in total. The van der Waals surface area contributed by atoms with Gasteiger partial charge in [-0.3, -0.25) is 19.9 Å². The second kappa shape index (κ2) is 8.85. The second-order valence-electron chi connectivity index (χ2n) is 4.60. The molecule has 20 heavy (non-hydrogen) atoms. The van der Waals surface area contributed by atoms with E-state index in [0.717, 1.165) is 6.42 Å². The molecular formula is C12H24N4O4. The smallest absolute Gasteiger partial charge is 0.253 e. The molecule has 0 radical (unpaired) electrons. The van der Waals surface area contributed by atoms with Crippen LogP contribution in [0.5, 0.6) is 0 Å². The minimum atomic E-state index is -0.605. The first-order valence-electron chi connectivity index (χ1n) is 6.76. The molecule has 1 saturated heterocycles. The van der Waals surface area contributed by atoms with Crippen LogP contribution in [0.25, 0.3) is 0 Å². The standard InChI is InChI=1S/C12H24N4O4/c1-3-4-14-11(17)10-8-20-6-5-16(10)9(7-19-2)12(18)15-13/h9-10H,3-8,13H2,1-2H3,(H,14,17)(H,15,18). The number of ether oxygens (including phenoxy) is 2. The van der Waals surface area contributed by atoms with Crippen molar-refractivity contribution in [3.63, 3.8) is 0 Å². The van der Waals surface area contributed by atoms with Gasteiger partial charge in [0.2, 0.25) is 5.91 Å². The average molecular weight is 288 g/mol. The molecule has 0 aliphatic carbocycles. The van der Waals surface area contributed by atoms with Gasteiger partial charge in [0.1, 0.15) is 12.1 Å². The van der Waals surface area contributed by atoms with E-state index in [4.69, 9.17) is 15.3 Å². The third kappa shape index (κ3) is 4.41. The fourth-order valence-electron chi connectivity index (χ4n) is 2.16. The number of carbonyl (C=O) groups excluding carboxylic acids is 2. The Morgan fingerprint density at radius 3 is 2.90 bits per heavy atom. The molecule has 4 N–H and O–H groups in total. The molecule has 8 heteroatoms. The maximum atomic E-state index is 12.2. The van der Waals surface area contributed by atoms with E-state index in [9.17, 15) is 9.59 Å². The minimum Gasteiger partial charge on any atom is -0.383 e. The van der Waals surface area contributed by atoms with Crippen LogP contribution in [0, 0.1) is 0 Å². The van der Waals surface area contributed by atoms with Crippen LogP contribution in [0.1, 0.15) is 13.3 Å². The van der Waals surface area contributed by atoms with Crippen LogP contribution in [-0.2, 0) is 19.1 Å². The van der Waals surface area contributed by atoms with Gasteiger partial charge in [-0.05, 0) is 6.42 Å². The Hall–Kier alpha value is -1.22. The van der Waals surface area contributed by atoms with Gasteiger partial charge in [0.25, 0.3) is 5.91 Å². The van der Waals surface area contributed by atoms with Crippen molar-refractivity contribution in [1.29, 1.82) is 0 Å².